The van der Waals surface area contributed by atoms with Gasteiger partial charge in [0.25, 0.3) is 0 Å². The summed E-state index contributed by atoms with van der Waals surface area (Å²) in [6.07, 6.45) is 4.61. The molecule has 0 radical (unpaired) electrons. The van der Waals surface area contributed by atoms with Crippen molar-refractivity contribution < 1.29 is 14.0 Å². The van der Waals surface area contributed by atoms with Gasteiger partial charge in [0.2, 0.25) is 0 Å². The standard InChI is InChI=1S/C18H19N5O3/c1-12-9-13(2)23(22-12)15(16-6-4-8-26-16)11-20-17(24)18(25)21-14-5-3-7-19-10-14/h3-10,15H,11H2,1-2H3,(H,20,24)(H,21,25). The summed E-state index contributed by atoms with van der Waals surface area (Å²) < 4.78 is 7.25. The second kappa shape index (κ2) is 7.64. The Morgan fingerprint density at radius 1 is 1.23 bits per heavy atom. The van der Waals surface area contributed by atoms with Gasteiger partial charge in [-0.2, -0.15) is 5.10 Å². The molecule has 0 saturated carbocycles. The van der Waals surface area contributed by atoms with E-state index in [2.05, 4.69) is 20.7 Å². The molecule has 2 amide bonds. The topological polar surface area (TPSA) is 102 Å². The molecular formula is C18H19N5O3. The van der Waals surface area contributed by atoms with Crippen LogP contribution in [0.3, 0.4) is 0 Å². The minimum absolute atomic E-state index is 0.161. The van der Waals surface area contributed by atoms with Gasteiger partial charge in [-0.25, -0.2) is 0 Å². The Morgan fingerprint density at radius 2 is 2.08 bits per heavy atom. The molecule has 3 heterocycles. The van der Waals surface area contributed by atoms with Crippen molar-refractivity contribution in [1.82, 2.24) is 20.1 Å². The lowest BCUT2D eigenvalue weighted by Gasteiger charge is -2.18. The number of aryl methyl sites for hydroxylation is 2. The van der Waals surface area contributed by atoms with E-state index in [0.29, 0.717) is 11.4 Å². The van der Waals surface area contributed by atoms with Gasteiger partial charge < -0.3 is 15.1 Å². The summed E-state index contributed by atoms with van der Waals surface area (Å²) >= 11 is 0. The van der Waals surface area contributed by atoms with Gasteiger partial charge in [-0.15, -0.1) is 0 Å². The van der Waals surface area contributed by atoms with Crippen molar-refractivity contribution in [2.45, 2.75) is 19.9 Å². The summed E-state index contributed by atoms with van der Waals surface area (Å²) in [5, 5.41) is 9.58. The van der Waals surface area contributed by atoms with E-state index >= 15 is 0 Å². The molecule has 0 aromatic carbocycles. The second-order valence-electron chi connectivity index (χ2n) is 5.81. The molecule has 0 fully saturated rings. The highest BCUT2D eigenvalue weighted by molar-refractivity contribution is 6.39. The Morgan fingerprint density at radius 3 is 2.69 bits per heavy atom. The van der Waals surface area contributed by atoms with Gasteiger partial charge in [-0.3, -0.25) is 19.3 Å². The first-order valence-corrected chi connectivity index (χ1v) is 8.10. The number of aromatic nitrogens is 3. The SMILES string of the molecule is Cc1cc(C)n(C(CNC(=O)C(=O)Nc2cccnc2)c2ccco2)n1. The van der Waals surface area contributed by atoms with Crippen LogP contribution >= 0.6 is 0 Å². The van der Waals surface area contributed by atoms with Crippen LogP contribution in [-0.2, 0) is 9.59 Å². The van der Waals surface area contributed by atoms with Gasteiger partial charge in [0, 0.05) is 18.4 Å². The van der Waals surface area contributed by atoms with E-state index in [1.54, 1.807) is 35.3 Å². The normalized spacial score (nSPS) is 11.8. The number of carbonyl (C=O) groups is 2. The van der Waals surface area contributed by atoms with Crippen molar-refractivity contribution in [2.24, 2.45) is 0 Å². The Hall–Kier alpha value is -3.42. The molecule has 26 heavy (non-hydrogen) atoms. The molecule has 0 aliphatic rings. The van der Waals surface area contributed by atoms with Gasteiger partial charge >= 0.3 is 11.8 Å². The largest absolute Gasteiger partial charge is 0.467 e. The number of rotatable bonds is 5. The zero-order chi connectivity index (χ0) is 18.5. The highest BCUT2D eigenvalue weighted by atomic mass is 16.3. The van der Waals surface area contributed by atoms with Crippen molar-refractivity contribution in [3.05, 3.63) is 66.1 Å². The lowest BCUT2D eigenvalue weighted by Crippen LogP contribution is -2.39. The molecule has 0 aliphatic carbocycles. The van der Waals surface area contributed by atoms with E-state index in [-0.39, 0.29) is 12.6 Å². The zero-order valence-electron chi connectivity index (χ0n) is 14.5. The van der Waals surface area contributed by atoms with Crippen molar-refractivity contribution in [2.75, 3.05) is 11.9 Å². The fourth-order valence-corrected chi connectivity index (χ4v) is 2.64. The molecule has 3 aromatic heterocycles. The summed E-state index contributed by atoms with van der Waals surface area (Å²) in [5.74, 6) is -0.860. The molecule has 0 spiro atoms. The number of furan rings is 1. The molecule has 8 heteroatoms. The predicted molar refractivity (Wildman–Crippen MR) is 94.4 cm³/mol. The third-order valence-corrected chi connectivity index (χ3v) is 3.79. The molecule has 134 valence electrons. The first kappa shape index (κ1) is 17.4. The maximum absolute atomic E-state index is 12.1. The average molecular weight is 353 g/mol. The zero-order valence-corrected chi connectivity index (χ0v) is 14.5. The Balaban J connectivity index is 1.69. The molecular weight excluding hydrogens is 334 g/mol. The Bertz CT molecular complexity index is 887. The third-order valence-electron chi connectivity index (χ3n) is 3.79. The van der Waals surface area contributed by atoms with Gasteiger partial charge in [-0.1, -0.05) is 0 Å². The maximum Gasteiger partial charge on any atom is 0.313 e. The summed E-state index contributed by atoms with van der Waals surface area (Å²) in [4.78, 5) is 28.0. The van der Waals surface area contributed by atoms with Crippen LogP contribution in [0.25, 0.3) is 0 Å². The molecule has 3 rings (SSSR count). The monoisotopic (exact) mass is 353 g/mol. The lowest BCUT2D eigenvalue weighted by molar-refractivity contribution is -0.136. The highest BCUT2D eigenvalue weighted by Crippen LogP contribution is 2.20. The van der Waals surface area contributed by atoms with Crippen LogP contribution in [0.15, 0.2) is 53.4 Å². The number of anilines is 1. The van der Waals surface area contributed by atoms with Crippen LogP contribution in [0.1, 0.15) is 23.2 Å². The summed E-state index contributed by atoms with van der Waals surface area (Å²) in [5.41, 5.74) is 2.24. The maximum atomic E-state index is 12.1. The summed E-state index contributed by atoms with van der Waals surface area (Å²) in [6, 6.07) is 8.48. The molecule has 2 N–H and O–H groups in total. The van der Waals surface area contributed by atoms with Crippen LogP contribution < -0.4 is 10.6 Å². The number of carbonyl (C=O) groups excluding carboxylic acids is 2. The average Bonchev–Trinajstić information content (AvgIpc) is 3.26. The van der Waals surface area contributed by atoms with Crippen LogP contribution in [-0.4, -0.2) is 33.1 Å². The number of amides is 2. The smallest absolute Gasteiger partial charge is 0.313 e. The molecule has 1 atom stereocenters. The van der Waals surface area contributed by atoms with Crippen molar-refractivity contribution >= 4 is 17.5 Å². The van der Waals surface area contributed by atoms with E-state index < -0.39 is 11.8 Å². The van der Waals surface area contributed by atoms with Gasteiger partial charge in [0.1, 0.15) is 11.8 Å². The van der Waals surface area contributed by atoms with E-state index in [1.807, 2.05) is 26.0 Å². The van der Waals surface area contributed by atoms with Crippen LogP contribution in [0, 0.1) is 13.8 Å². The number of nitrogens with one attached hydrogen (secondary N) is 2. The van der Waals surface area contributed by atoms with Crippen LogP contribution in [0.4, 0.5) is 5.69 Å². The van der Waals surface area contributed by atoms with Crippen LogP contribution in [0.5, 0.6) is 0 Å². The van der Waals surface area contributed by atoms with Crippen LogP contribution in [0.2, 0.25) is 0 Å². The highest BCUT2D eigenvalue weighted by Gasteiger charge is 2.22. The minimum Gasteiger partial charge on any atom is -0.467 e. The fourth-order valence-electron chi connectivity index (χ4n) is 2.64. The predicted octanol–water partition coefficient (Wildman–Crippen LogP) is 1.83. The van der Waals surface area contributed by atoms with Crippen molar-refractivity contribution in [3.63, 3.8) is 0 Å². The number of hydrogen-bond acceptors (Lipinski definition) is 5. The van der Waals surface area contributed by atoms with E-state index in [1.165, 1.54) is 6.20 Å². The van der Waals surface area contributed by atoms with E-state index in [4.69, 9.17) is 4.42 Å². The second-order valence-corrected chi connectivity index (χ2v) is 5.81. The molecule has 8 nitrogen and oxygen atoms in total. The Labute approximate surface area is 150 Å². The van der Waals surface area contributed by atoms with Gasteiger partial charge in [0.15, 0.2) is 0 Å². The number of pyridine rings is 1. The van der Waals surface area contributed by atoms with Gasteiger partial charge in [0.05, 0.1) is 23.8 Å². The van der Waals surface area contributed by atoms with E-state index in [9.17, 15) is 9.59 Å². The molecule has 0 aliphatic heterocycles. The number of hydrogen-bond donors (Lipinski definition) is 2. The lowest BCUT2D eigenvalue weighted by atomic mass is 10.2. The Kier molecular flexibility index (Phi) is 5.12. The third kappa shape index (κ3) is 3.97. The first-order chi connectivity index (χ1) is 12.5. The fraction of sp³-hybridized carbons (Fsp3) is 0.222. The number of nitrogens with zero attached hydrogens (tertiary/aromatic N) is 3. The van der Waals surface area contributed by atoms with Gasteiger partial charge in [-0.05, 0) is 44.2 Å². The van der Waals surface area contributed by atoms with Crippen molar-refractivity contribution in [1.29, 1.82) is 0 Å². The molecule has 0 saturated heterocycles. The summed E-state index contributed by atoms with van der Waals surface area (Å²) in [7, 11) is 0. The molecule has 0 bridgehead atoms. The first-order valence-electron chi connectivity index (χ1n) is 8.10. The minimum atomic E-state index is -0.760. The quantitative estimate of drug-likeness (QED) is 0.681. The van der Waals surface area contributed by atoms with Crippen molar-refractivity contribution in [3.8, 4) is 0 Å². The summed E-state index contributed by atoms with van der Waals surface area (Å²) in [6.45, 7) is 3.98. The van der Waals surface area contributed by atoms with E-state index in [0.717, 1.165) is 11.4 Å². The molecule has 1 unspecified atom stereocenters. The molecule has 3 aromatic rings.